The molecule has 4 rings (SSSR count). The molecule has 8 heteroatoms. The predicted molar refractivity (Wildman–Crippen MR) is 156 cm³/mol. The van der Waals surface area contributed by atoms with Gasteiger partial charge in [-0.3, -0.25) is 9.59 Å². The summed E-state index contributed by atoms with van der Waals surface area (Å²) < 4.78 is 16.5. The number of ether oxygens (including phenoxy) is 3. The van der Waals surface area contributed by atoms with Crippen molar-refractivity contribution in [2.75, 3.05) is 38.8 Å². The number of nitrogens with one attached hydrogen (secondary N) is 2. The fourth-order valence-electron chi connectivity index (χ4n) is 4.78. The lowest BCUT2D eigenvalue weighted by Gasteiger charge is -2.26. The Bertz CT molecular complexity index is 1240. The summed E-state index contributed by atoms with van der Waals surface area (Å²) in [7, 11) is 3.19. The van der Waals surface area contributed by atoms with Crippen LogP contribution in [-0.4, -0.2) is 45.7 Å². The van der Waals surface area contributed by atoms with E-state index in [9.17, 15) is 9.59 Å². The summed E-state index contributed by atoms with van der Waals surface area (Å²) in [5.74, 6) is 1.69. The lowest BCUT2D eigenvalue weighted by molar-refractivity contribution is -0.120. The van der Waals surface area contributed by atoms with Crippen molar-refractivity contribution in [3.05, 3.63) is 83.4 Å². The first-order valence-electron chi connectivity index (χ1n) is 13.9. The Kier molecular flexibility index (Phi) is 10.8. The van der Waals surface area contributed by atoms with Crippen molar-refractivity contribution in [3.63, 3.8) is 0 Å². The Balaban J connectivity index is 1.53. The van der Waals surface area contributed by atoms with Gasteiger partial charge >= 0.3 is 0 Å². The van der Waals surface area contributed by atoms with E-state index in [0.29, 0.717) is 42.4 Å². The molecular weight excluding hydrogens is 506 g/mol. The van der Waals surface area contributed by atoms with Crippen molar-refractivity contribution >= 4 is 17.5 Å². The van der Waals surface area contributed by atoms with Gasteiger partial charge in [-0.05, 0) is 73.0 Å². The molecule has 0 unspecified atom stereocenters. The Labute approximate surface area is 236 Å². The second-order valence-electron chi connectivity index (χ2n) is 9.84. The number of rotatable bonds is 8. The minimum Gasteiger partial charge on any atom is -0.497 e. The van der Waals surface area contributed by atoms with Gasteiger partial charge in [0.1, 0.15) is 17.2 Å². The zero-order valence-electron chi connectivity index (χ0n) is 23.4. The number of methoxy groups -OCH3 is 2. The molecule has 0 atom stereocenters. The van der Waals surface area contributed by atoms with Crippen LogP contribution in [0.3, 0.4) is 0 Å². The molecule has 0 aromatic heterocycles. The molecule has 1 aliphatic heterocycles. The van der Waals surface area contributed by atoms with E-state index in [-0.39, 0.29) is 18.4 Å². The molecule has 1 heterocycles. The van der Waals surface area contributed by atoms with E-state index in [1.807, 2.05) is 59.5 Å². The molecule has 3 aromatic carbocycles. The van der Waals surface area contributed by atoms with E-state index in [2.05, 4.69) is 10.6 Å². The smallest absolute Gasteiger partial charge is 0.264 e. The topological polar surface area (TPSA) is 89.1 Å². The van der Waals surface area contributed by atoms with E-state index in [4.69, 9.17) is 14.2 Å². The molecule has 3 aromatic rings. The molecule has 0 fully saturated rings. The third kappa shape index (κ3) is 8.23. The first-order valence-corrected chi connectivity index (χ1v) is 13.9. The van der Waals surface area contributed by atoms with Crippen molar-refractivity contribution in [1.82, 2.24) is 10.6 Å². The number of fused-ring (bicyclic) bond motifs is 1. The number of hydrogen-bond acceptors (Lipinski definition) is 6. The summed E-state index contributed by atoms with van der Waals surface area (Å²) >= 11 is 0. The highest BCUT2D eigenvalue weighted by atomic mass is 16.5. The van der Waals surface area contributed by atoms with Gasteiger partial charge in [-0.1, -0.05) is 37.5 Å². The maximum absolute atomic E-state index is 13.4. The zero-order valence-corrected chi connectivity index (χ0v) is 23.4. The number of carbonyl (C=O) groups is 2. The van der Waals surface area contributed by atoms with Gasteiger partial charge in [0.2, 0.25) is 0 Å². The number of para-hydroxylation sites is 1. The van der Waals surface area contributed by atoms with E-state index < -0.39 is 0 Å². The summed E-state index contributed by atoms with van der Waals surface area (Å²) in [6.45, 7) is 2.32. The number of carbonyl (C=O) groups excluding carboxylic acids is 2. The van der Waals surface area contributed by atoms with Gasteiger partial charge in [0.05, 0.1) is 14.2 Å². The van der Waals surface area contributed by atoms with Crippen LogP contribution >= 0.6 is 0 Å². The highest BCUT2D eigenvalue weighted by molar-refractivity contribution is 5.98. The second kappa shape index (κ2) is 14.9. The highest BCUT2D eigenvalue weighted by Crippen LogP contribution is 2.26. The predicted octanol–water partition coefficient (Wildman–Crippen LogP) is 5.10. The van der Waals surface area contributed by atoms with Crippen LogP contribution in [0.5, 0.6) is 17.2 Å². The normalized spacial score (nSPS) is 14.2. The Morgan fingerprint density at radius 3 is 2.33 bits per heavy atom. The number of anilines is 1. The minimum atomic E-state index is -0.194. The van der Waals surface area contributed by atoms with E-state index in [0.717, 1.165) is 55.5 Å². The average Bonchev–Trinajstić information content (AvgIpc) is 2.99. The van der Waals surface area contributed by atoms with Crippen LogP contribution in [0.1, 0.15) is 53.6 Å². The summed E-state index contributed by atoms with van der Waals surface area (Å²) in [4.78, 5) is 28.4. The molecule has 8 nitrogen and oxygen atoms in total. The lowest BCUT2D eigenvalue weighted by Crippen LogP contribution is -2.37. The quantitative estimate of drug-likeness (QED) is 0.410. The van der Waals surface area contributed by atoms with Gasteiger partial charge < -0.3 is 29.7 Å². The minimum absolute atomic E-state index is 0.0525. The number of nitrogens with zero attached hydrogens (tertiary/aromatic N) is 1. The molecular formula is C32H39N3O5. The van der Waals surface area contributed by atoms with Crippen molar-refractivity contribution in [1.29, 1.82) is 0 Å². The summed E-state index contributed by atoms with van der Waals surface area (Å²) in [5.41, 5.74) is 3.12. The van der Waals surface area contributed by atoms with Gasteiger partial charge in [-0.25, -0.2) is 0 Å². The third-order valence-electron chi connectivity index (χ3n) is 6.95. The molecule has 40 heavy (non-hydrogen) atoms. The van der Waals surface area contributed by atoms with Gasteiger partial charge in [0, 0.05) is 37.0 Å². The molecule has 0 radical (unpaired) electrons. The van der Waals surface area contributed by atoms with E-state index in [1.165, 1.54) is 0 Å². The van der Waals surface area contributed by atoms with Gasteiger partial charge in [0.15, 0.2) is 6.61 Å². The van der Waals surface area contributed by atoms with Gasteiger partial charge in [0.25, 0.3) is 11.8 Å². The molecule has 2 N–H and O–H groups in total. The van der Waals surface area contributed by atoms with Crippen LogP contribution in [0, 0.1) is 0 Å². The number of amides is 2. The monoisotopic (exact) mass is 545 g/mol. The molecule has 0 bridgehead atoms. The van der Waals surface area contributed by atoms with Crippen molar-refractivity contribution in [2.24, 2.45) is 0 Å². The SMILES string of the molecule is COc1cc(CNC(=O)c2ccc3c(c2)CNCCCCCCCN3C(=O)COc2ccccc2)cc(OC)c1. The summed E-state index contributed by atoms with van der Waals surface area (Å²) in [5, 5.41) is 6.49. The van der Waals surface area contributed by atoms with Crippen LogP contribution in [0.15, 0.2) is 66.7 Å². The van der Waals surface area contributed by atoms with Crippen LogP contribution in [0.25, 0.3) is 0 Å². The Morgan fingerprint density at radius 1 is 0.850 bits per heavy atom. The third-order valence-corrected chi connectivity index (χ3v) is 6.95. The molecule has 0 saturated carbocycles. The first-order chi connectivity index (χ1) is 19.6. The zero-order chi connectivity index (χ0) is 28.2. The fourth-order valence-corrected chi connectivity index (χ4v) is 4.78. The van der Waals surface area contributed by atoms with Gasteiger partial charge in [-0.15, -0.1) is 0 Å². The molecule has 2 amide bonds. The highest BCUT2D eigenvalue weighted by Gasteiger charge is 2.21. The standard InChI is InChI=1S/C32H39N3O5/c1-38-28-17-24(18-29(20-28)39-2)21-34-32(37)25-13-14-30-26(19-25)22-33-15-9-4-3-5-10-16-35(30)31(36)23-40-27-11-7-6-8-12-27/h6-8,11-14,17-20,33H,3-5,9-10,15-16,21-23H2,1-2H3,(H,34,37). The summed E-state index contributed by atoms with van der Waals surface area (Å²) in [6, 6.07) is 20.4. The average molecular weight is 546 g/mol. The van der Waals surface area contributed by atoms with Crippen LogP contribution < -0.4 is 29.7 Å². The molecule has 0 spiro atoms. The molecule has 0 saturated heterocycles. The maximum atomic E-state index is 13.4. The first kappa shape index (κ1) is 29.0. The second-order valence-corrected chi connectivity index (χ2v) is 9.84. The maximum Gasteiger partial charge on any atom is 0.264 e. The van der Waals surface area contributed by atoms with Crippen molar-refractivity contribution < 1.29 is 23.8 Å². The number of benzene rings is 3. The summed E-state index contributed by atoms with van der Waals surface area (Å²) in [6.07, 6.45) is 5.38. The van der Waals surface area contributed by atoms with Crippen molar-refractivity contribution in [2.45, 2.75) is 45.2 Å². The van der Waals surface area contributed by atoms with Crippen LogP contribution in [0.2, 0.25) is 0 Å². The van der Waals surface area contributed by atoms with Crippen LogP contribution in [0.4, 0.5) is 5.69 Å². The largest absolute Gasteiger partial charge is 0.497 e. The Hall–Kier alpha value is -4.04. The molecule has 1 aliphatic rings. The molecule has 212 valence electrons. The lowest BCUT2D eigenvalue weighted by atomic mass is 10.0. The van der Waals surface area contributed by atoms with Crippen LogP contribution in [-0.2, 0) is 17.9 Å². The van der Waals surface area contributed by atoms with E-state index >= 15 is 0 Å². The van der Waals surface area contributed by atoms with E-state index in [1.54, 1.807) is 26.4 Å². The van der Waals surface area contributed by atoms with Crippen molar-refractivity contribution in [3.8, 4) is 17.2 Å². The molecule has 0 aliphatic carbocycles. The van der Waals surface area contributed by atoms with Gasteiger partial charge in [-0.2, -0.15) is 0 Å². The Morgan fingerprint density at radius 2 is 1.57 bits per heavy atom. The fraction of sp³-hybridized carbons (Fsp3) is 0.375. The number of hydrogen-bond donors (Lipinski definition) is 2.